The molecule has 0 spiro atoms. The van der Waals surface area contributed by atoms with Crippen LogP contribution in [0.15, 0.2) is 71.3 Å². The highest BCUT2D eigenvalue weighted by molar-refractivity contribution is 6.30. The number of hydrogen-bond acceptors (Lipinski definition) is 5. The number of hydrogen-bond donors (Lipinski definition) is 1. The number of nitrogens with zero attached hydrogens (tertiary/aromatic N) is 3. The molecule has 1 aliphatic heterocycles. The maximum Gasteiger partial charge on any atom is 0.322 e. The minimum absolute atomic E-state index is 0.133. The predicted octanol–water partition coefficient (Wildman–Crippen LogP) is 4.47. The molecule has 3 amide bonds. The number of urea groups is 1. The van der Waals surface area contributed by atoms with E-state index in [2.05, 4.69) is 10.2 Å². The molecule has 0 bridgehead atoms. The van der Waals surface area contributed by atoms with Gasteiger partial charge < -0.3 is 24.3 Å². The maximum atomic E-state index is 13.5. The highest BCUT2D eigenvalue weighted by atomic mass is 35.5. The summed E-state index contributed by atoms with van der Waals surface area (Å²) in [6.45, 7) is 4.14. The van der Waals surface area contributed by atoms with Gasteiger partial charge in [0.1, 0.15) is 18.1 Å². The van der Waals surface area contributed by atoms with Crippen molar-refractivity contribution in [1.29, 1.82) is 0 Å². The average molecular weight is 529 g/mol. The Hall–Kier alpha value is -3.40. The third-order valence-electron chi connectivity index (χ3n) is 6.06. The maximum absolute atomic E-state index is 13.5. The van der Waals surface area contributed by atoms with E-state index < -0.39 is 0 Å². The zero-order valence-electron chi connectivity index (χ0n) is 20.4. The Morgan fingerprint density at radius 2 is 1.70 bits per heavy atom. The second kappa shape index (κ2) is 13.2. The second-order valence-electron chi connectivity index (χ2n) is 8.77. The number of morpholine rings is 1. The first-order chi connectivity index (χ1) is 18.0. The summed E-state index contributed by atoms with van der Waals surface area (Å²) in [7, 11) is 0. The van der Waals surface area contributed by atoms with Crippen molar-refractivity contribution in [3.05, 3.63) is 89.1 Å². The van der Waals surface area contributed by atoms with Crippen molar-refractivity contribution in [3.8, 4) is 0 Å². The highest BCUT2D eigenvalue weighted by Crippen LogP contribution is 2.16. The number of halogens is 2. The molecule has 0 saturated carbocycles. The zero-order valence-corrected chi connectivity index (χ0v) is 21.2. The van der Waals surface area contributed by atoms with Gasteiger partial charge in [-0.1, -0.05) is 23.7 Å². The molecule has 1 aromatic heterocycles. The molecule has 10 heteroatoms. The Kier molecular flexibility index (Phi) is 9.53. The first-order valence-corrected chi connectivity index (χ1v) is 12.5. The molecule has 2 aromatic carbocycles. The molecule has 3 aromatic rings. The molecule has 1 aliphatic rings. The van der Waals surface area contributed by atoms with Crippen LogP contribution in [0.5, 0.6) is 0 Å². The van der Waals surface area contributed by atoms with Crippen molar-refractivity contribution < 1.29 is 23.1 Å². The molecule has 0 radical (unpaired) electrons. The molecule has 4 rings (SSSR count). The minimum atomic E-state index is -0.385. The lowest BCUT2D eigenvalue weighted by Crippen LogP contribution is -2.48. The van der Waals surface area contributed by atoms with Crippen molar-refractivity contribution >= 4 is 29.2 Å². The van der Waals surface area contributed by atoms with Crippen LogP contribution in [0, 0.1) is 5.82 Å². The van der Waals surface area contributed by atoms with Crippen molar-refractivity contribution in [1.82, 2.24) is 14.7 Å². The van der Waals surface area contributed by atoms with Gasteiger partial charge in [0.2, 0.25) is 5.91 Å². The summed E-state index contributed by atoms with van der Waals surface area (Å²) in [5.41, 5.74) is 1.35. The van der Waals surface area contributed by atoms with Gasteiger partial charge in [-0.3, -0.25) is 9.69 Å². The highest BCUT2D eigenvalue weighted by Gasteiger charge is 2.24. The van der Waals surface area contributed by atoms with E-state index in [1.807, 2.05) is 0 Å². The normalized spacial score (nSPS) is 13.8. The molecule has 1 fully saturated rings. The summed E-state index contributed by atoms with van der Waals surface area (Å²) in [6.07, 6.45) is 1.55. The van der Waals surface area contributed by atoms with E-state index in [0.29, 0.717) is 42.8 Å². The van der Waals surface area contributed by atoms with Crippen LogP contribution in [-0.4, -0.2) is 72.6 Å². The lowest BCUT2D eigenvalue weighted by atomic mass is 10.2. The fraction of sp³-hybridized carbons (Fsp3) is 0.333. The number of furan rings is 1. The van der Waals surface area contributed by atoms with Gasteiger partial charge >= 0.3 is 6.03 Å². The van der Waals surface area contributed by atoms with Crippen LogP contribution in [0.2, 0.25) is 5.02 Å². The van der Waals surface area contributed by atoms with Gasteiger partial charge in [-0.25, -0.2) is 9.18 Å². The Morgan fingerprint density at radius 3 is 2.38 bits per heavy atom. The van der Waals surface area contributed by atoms with Gasteiger partial charge in [0.25, 0.3) is 0 Å². The summed E-state index contributed by atoms with van der Waals surface area (Å²) in [5.74, 6) is 0.00993. The number of carbonyl (C=O) groups excluding carboxylic acids is 2. The van der Waals surface area contributed by atoms with Gasteiger partial charge in [-0.15, -0.1) is 0 Å². The van der Waals surface area contributed by atoms with Crippen LogP contribution >= 0.6 is 11.6 Å². The van der Waals surface area contributed by atoms with Gasteiger partial charge in [-0.05, 0) is 54.1 Å². The topological polar surface area (TPSA) is 78.3 Å². The van der Waals surface area contributed by atoms with Crippen LogP contribution in [0.4, 0.5) is 14.9 Å². The Morgan fingerprint density at radius 1 is 0.973 bits per heavy atom. The van der Waals surface area contributed by atoms with Crippen molar-refractivity contribution in [2.75, 3.05) is 51.3 Å². The summed E-state index contributed by atoms with van der Waals surface area (Å²) in [4.78, 5) is 32.1. The van der Waals surface area contributed by atoms with E-state index in [-0.39, 0.29) is 37.4 Å². The lowest BCUT2D eigenvalue weighted by molar-refractivity contribution is -0.133. The Labute approximate surface area is 220 Å². The number of anilines is 1. The lowest BCUT2D eigenvalue weighted by Gasteiger charge is -2.31. The van der Waals surface area contributed by atoms with E-state index in [4.69, 9.17) is 20.8 Å². The van der Waals surface area contributed by atoms with Crippen LogP contribution in [-0.2, 0) is 22.6 Å². The van der Waals surface area contributed by atoms with Crippen molar-refractivity contribution in [3.63, 3.8) is 0 Å². The molecule has 0 atom stereocenters. The van der Waals surface area contributed by atoms with Crippen molar-refractivity contribution in [2.45, 2.75) is 13.1 Å². The largest absolute Gasteiger partial charge is 0.467 e. The molecule has 0 aliphatic carbocycles. The number of rotatable bonds is 10. The number of amides is 3. The smallest absolute Gasteiger partial charge is 0.322 e. The predicted molar refractivity (Wildman–Crippen MR) is 139 cm³/mol. The average Bonchev–Trinajstić information content (AvgIpc) is 3.42. The summed E-state index contributed by atoms with van der Waals surface area (Å²) in [5, 5.41) is 3.42. The molecule has 37 heavy (non-hydrogen) atoms. The van der Waals surface area contributed by atoms with Crippen molar-refractivity contribution in [2.24, 2.45) is 0 Å². The second-order valence-corrected chi connectivity index (χ2v) is 9.20. The molecule has 1 saturated heterocycles. The molecule has 1 N–H and O–H groups in total. The van der Waals surface area contributed by atoms with E-state index in [0.717, 1.165) is 18.7 Å². The minimum Gasteiger partial charge on any atom is -0.467 e. The fourth-order valence-electron chi connectivity index (χ4n) is 3.97. The van der Waals surface area contributed by atoms with E-state index in [1.165, 1.54) is 17.0 Å². The molecule has 8 nitrogen and oxygen atoms in total. The van der Waals surface area contributed by atoms with E-state index in [9.17, 15) is 14.0 Å². The quantitative estimate of drug-likeness (QED) is 0.420. The summed E-state index contributed by atoms with van der Waals surface area (Å²) < 4.78 is 24.3. The standard InChI is InChI=1S/C27H30ClFN4O4/c28-22-5-9-24(10-6-22)30-27(35)32(12-11-31-13-16-36-17-14-31)20-26(34)33(19-25-2-1-15-37-25)18-21-3-7-23(29)8-4-21/h1-10,15H,11-14,16-20H2,(H,30,35). The first kappa shape index (κ1) is 26.7. The van der Waals surface area contributed by atoms with Gasteiger partial charge in [0.15, 0.2) is 0 Å². The molecule has 196 valence electrons. The molecule has 2 heterocycles. The monoisotopic (exact) mass is 528 g/mol. The van der Waals surface area contributed by atoms with Crippen LogP contribution in [0.1, 0.15) is 11.3 Å². The summed E-state index contributed by atoms with van der Waals surface area (Å²) in [6, 6.07) is 15.9. The summed E-state index contributed by atoms with van der Waals surface area (Å²) >= 11 is 5.97. The van der Waals surface area contributed by atoms with Gasteiger partial charge in [0, 0.05) is 43.4 Å². The van der Waals surface area contributed by atoms with Crippen LogP contribution in [0.3, 0.4) is 0 Å². The number of carbonyl (C=O) groups is 2. The van der Waals surface area contributed by atoms with Crippen LogP contribution < -0.4 is 5.32 Å². The first-order valence-electron chi connectivity index (χ1n) is 12.1. The SMILES string of the molecule is O=C(CN(CCN1CCOCC1)C(=O)Nc1ccc(Cl)cc1)N(Cc1ccc(F)cc1)Cc1ccco1. The third-order valence-corrected chi connectivity index (χ3v) is 6.32. The van der Waals surface area contributed by atoms with E-state index >= 15 is 0 Å². The number of ether oxygens (including phenoxy) is 1. The Balaban J connectivity index is 1.48. The molecular weight excluding hydrogens is 499 g/mol. The zero-order chi connectivity index (χ0) is 26.0. The fourth-order valence-corrected chi connectivity index (χ4v) is 4.10. The van der Waals surface area contributed by atoms with Crippen LogP contribution in [0.25, 0.3) is 0 Å². The van der Waals surface area contributed by atoms with Gasteiger partial charge in [-0.2, -0.15) is 0 Å². The van der Waals surface area contributed by atoms with Gasteiger partial charge in [0.05, 0.1) is 26.0 Å². The molecule has 0 unspecified atom stereocenters. The Bertz CT molecular complexity index is 1140. The number of benzene rings is 2. The third kappa shape index (κ3) is 8.31. The number of nitrogens with one attached hydrogen (secondary N) is 1. The molecular formula is C27H30ClFN4O4. The van der Waals surface area contributed by atoms with E-state index in [1.54, 1.807) is 59.7 Å².